The Bertz CT molecular complexity index is 446. The lowest BCUT2D eigenvalue weighted by molar-refractivity contribution is -0.144. The molecule has 1 atom stereocenters. The maximum absolute atomic E-state index is 12.1. The summed E-state index contributed by atoms with van der Waals surface area (Å²) in [7, 11) is 1.73. The van der Waals surface area contributed by atoms with Gasteiger partial charge in [-0.05, 0) is 31.3 Å². The lowest BCUT2D eigenvalue weighted by Crippen LogP contribution is -2.40. The second-order valence-corrected chi connectivity index (χ2v) is 6.26. The molecule has 0 radical (unpaired) electrons. The van der Waals surface area contributed by atoms with Crippen LogP contribution in [0.3, 0.4) is 0 Å². The van der Waals surface area contributed by atoms with Crippen molar-refractivity contribution >= 4 is 23.2 Å². The number of hydrogen-bond acceptors (Lipinski definition) is 5. The number of amides is 1. The molecule has 5 nitrogen and oxygen atoms in total. The average molecular weight is 312 g/mol. The van der Waals surface area contributed by atoms with E-state index in [0.29, 0.717) is 12.5 Å². The van der Waals surface area contributed by atoms with Gasteiger partial charge in [0, 0.05) is 4.88 Å². The average Bonchev–Trinajstić information content (AvgIpc) is 2.88. The number of carbonyl (C=O) groups is 2. The monoisotopic (exact) mass is 312 g/mol. The van der Waals surface area contributed by atoms with Crippen molar-refractivity contribution in [3.05, 3.63) is 22.4 Å². The molecule has 21 heavy (non-hydrogen) atoms. The van der Waals surface area contributed by atoms with Gasteiger partial charge in [0.1, 0.15) is 0 Å². The van der Waals surface area contributed by atoms with E-state index >= 15 is 0 Å². The maximum Gasteiger partial charge on any atom is 0.320 e. The van der Waals surface area contributed by atoms with E-state index < -0.39 is 0 Å². The molecule has 1 aromatic rings. The summed E-state index contributed by atoms with van der Waals surface area (Å²) in [6.45, 7) is 6.56. The molecule has 1 rings (SSSR count). The zero-order chi connectivity index (χ0) is 15.8. The molecule has 0 bridgehead atoms. The molecule has 1 amide bonds. The van der Waals surface area contributed by atoms with Crippen LogP contribution in [0.4, 0.5) is 0 Å². The van der Waals surface area contributed by atoms with Crippen molar-refractivity contribution in [3.8, 4) is 0 Å². The van der Waals surface area contributed by atoms with Gasteiger partial charge in [-0.3, -0.25) is 14.5 Å². The summed E-state index contributed by atoms with van der Waals surface area (Å²) in [5, 5.41) is 5.04. The lowest BCUT2D eigenvalue weighted by Gasteiger charge is -2.23. The van der Waals surface area contributed by atoms with E-state index in [4.69, 9.17) is 4.74 Å². The van der Waals surface area contributed by atoms with Crippen molar-refractivity contribution in [1.82, 2.24) is 10.2 Å². The minimum Gasteiger partial charge on any atom is -0.465 e. The van der Waals surface area contributed by atoms with Gasteiger partial charge in [0.15, 0.2) is 0 Å². The van der Waals surface area contributed by atoms with Crippen molar-refractivity contribution in [2.75, 3.05) is 26.7 Å². The smallest absolute Gasteiger partial charge is 0.320 e. The highest BCUT2D eigenvalue weighted by molar-refractivity contribution is 7.10. The highest BCUT2D eigenvalue weighted by Crippen LogP contribution is 2.25. The van der Waals surface area contributed by atoms with Crippen LogP contribution in [0.25, 0.3) is 0 Å². The fraction of sp³-hybridized carbons (Fsp3) is 0.600. The third-order valence-corrected chi connectivity index (χ3v) is 3.91. The Hall–Kier alpha value is -1.40. The van der Waals surface area contributed by atoms with Crippen molar-refractivity contribution < 1.29 is 14.3 Å². The minimum atomic E-state index is -0.313. The molecule has 0 aliphatic heterocycles. The second-order valence-electron chi connectivity index (χ2n) is 5.28. The molecule has 1 unspecified atom stereocenters. The fourth-order valence-corrected chi connectivity index (χ4v) is 2.93. The first-order valence-corrected chi connectivity index (χ1v) is 7.99. The van der Waals surface area contributed by atoms with Crippen molar-refractivity contribution in [3.63, 3.8) is 0 Å². The predicted molar refractivity (Wildman–Crippen MR) is 84.2 cm³/mol. The summed E-state index contributed by atoms with van der Waals surface area (Å²) >= 11 is 1.64. The van der Waals surface area contributed by atoms with Gasteiger partial charge < -0.3 is 10.1 Å². The van der Waals surface area contributed by atoms with Gasteiger partial charge in [0.25, 0.3) is 0 Å². The van der Waals surface area contributed by atoms with Gasteiger partial charge in [-0.2, -0.15) is 0 Å². The first-order chi connectivity index (χ1) is 9.93. The number of rotatable bonds is 8. The number of esters is 1. The van der Waals surface area contributed by atoms with Crippen LogP contribution < -0.4 is 5.32 Å². The van der Waals surface area contributed by atoms with E-state index in [2.05, 4.69) is 19.2 Å². The third-order valence-electron chi connectivity index (χ3n) is 2.95. The van der Waals surface area contributed by atoms with Crippen LogP contribution in [0.15, 0.2) is 17.5 Å². The summed E-state index contributed by atoms with van der Waals surface area (Å²) in [5.74, 6) is -0.0941. The normalized spacial score (nSPS) is 12.5. The molecular formula is C15H24N2O3S. The number of ether oxygens (including phenoxy) is 1. The quantitative estimate of drug-likeness (QED) is 0.747. The van der Waals surface area contributed by atoms with Crippen LogP contribution in [-0.2, 0) is 14.3 Å². The molecule has 1 heterocycles. The Kier molecular flexibility index (Phi) is 7.39. The minimum absolute atomic E-state index is 0.00786. The van der Waals surface area contributed by atoms with Crippen LogP contribution in [0, 0.1) is 5.92 Å². The molecular weight excluding hydrogens is 288 g/mol. The highest BCUT2D eigenvalue weighted by Gasteiger charge is 2.20. The molecule has 0 spiro atoms. The summed E-state index contributed by atoms with van der Waals surface area (Å²) in [4.78, 5) is 26.3. The third kappa shape index (κ3) is 6.27. The molecule has 0 fully saturated rings. The van der Waals surface area contributed by atoms with Crippen molar-refractivity contribution in [1.29, 1.82) is 0 Å². The van der Waals surface area contributed by atoms with Crippen LogP contribution in [0.2, 0.25) is 0 Å². The molecule has 6 heteroatoms. The molecule has 0 aliphatic carbocycles. The summed E-state index contributed by atoms with van der Waals surface area (Å²) in [6, 6.07) is 4.01. The molecule has 0 saturated carbocycles. The van der Waals surface area contributed by atoms with Gasteiger partial charge in [0.2, 0.25) is 5.91 Å². The number of likely N-dealkylation sites (N-methyl/N-ethyl adjacent to an activating group) is 1. The van der Waals surface area contributed by atoms with E-state index in [9.17, 15) is 9.59 Å². The summed E-state index contributed by atoms with van der Waals surface area (Å²) < 4.78 is 4.86. The number of hydrogen-bond donors (Lipinski definition) is 1. The lowest BCUT2D eigenvalue weighted by atomic mass is 10.0. The number of carbonyl (C=O) groups excluding carboxylic acids is 2. The van der Waals surface area contributed by atoms with Gasteiger partial charge >= 0.3 is 5.97 Å². The Morgan fingerprint density at radius 2 is 2.10 bits per heavy atom. The molecule has 0 aromatic carbocycles. The molecule has 1 aromatic heterocycles. The molecule has 0 saturated heterocycles. The maximum atomic E-state index is 12.1. The Labute approximate surface area is 130 Å². The standard InChI is InChI=1S/C15H24N2O3S/c1-5-20-14(19)10-17(4)9-13(18)16-15(11(2)3)12-7-6-8-21-12/h6-8,11,15H,5,9-10H2,1-4H3,(H,16,18). The second kappa shape index (κ2) is 8.79. The first-order valence-electron chi connectivity index (χ1n) is 7.11. The van der Waals surface area contributed by atoms with Gasteiger partial charge in [-0.25, -0.2) is 0 Å². The number of nitrogens with zero attached hydrogens (tertiary/aromatic N) is 1. The van der Waals surface area contributed by atoms with Gasteiger partial charge in [0.05, 0.1) is 25.7 Å². The van der Waals surface area contributed by atoms with Gasteiger partial charge in [-0.1, -0.05) is 19.9 Å². The van der Waals surface area contributed by atoms with Crippen molar-refractivity contribution in [2.24, 2.45) is 5.92 Å². The van der Waals surface area contributed by atoms with Crippen LogP contribution >= 0.6 is 11.3 Å². The Balaban J connectivity index is 2.49. The zero-order valence-corrected chi connectivity index (χ0v) is 13.9. The van der Waals surface area contributed by atoms with E-state index in [1.807, 2.05) is 17.5 Å². The molecule has 0 aliphatic rings. The zero-order valence-electron chi connectivity index (χ0n) is 13.1. The highest BCUT2D eigenvalue weighted by atomic mass is 32.1. The van der Waals surface area contributed by atoms with E-state index in [1.54, 1.807) is 30.2 Å². The number of nitrogens with one attached hydrogen (secondary N) is 1. The predicted octanol–water partition coefficient (Wildman–Crippen LogP) is 2.06. The molecule has 1 N–H and O–H groups in total. The SMILES string of the molecule is CCOC(=O)CN(C)CC(=O)NC(c1cccs1)C(C)C. The van der Waals surface area contributed by atoms with Crippen LogP contribution in [-0.4, -0.2) is 43.5 Å². The fourth-order valence-electron chi connectivity index (χ4n) is 1.98. The van der Waals surface area contributed by atoms with Crippen molar-refractivity contribution in [2.45, 2.75) is 26.8 Å². The number of thiophene rings is 1. The Morgan fingerprint density at radius 3 is 2.62 bits per heavy atom. The van der Waals surface area contributed by atoms with E-state index in [0.717, 1.165) is 4.88 Å². The van der Waals surface area contributed by atoms with E-state index in [1.165, 1.54) is 0 Å². The van der Waals surface area contributed by atoms with E-state index in [-0.39, 0.29) is 31.0 Å². The molecule has 118 valence electrons. The topological polar surface area (TPSA) is 58.6 Å². The first kappa shape index (κ1) is 17.7. The largest absolute Gasteiger partial charge is 0.465 e. The van der Waals surface area contributed by atoms with Crippen LogP contribution in [0.5, 0.6) is 0 Å². The van der Waals surface area contributed by atoms with Gasteiger partial charge in [-0.15, -0.1) is 11.3 Å². The Morgan fingerprint density at radius 1 is 1.38 bits per heavy atom. The van der Waals surface area contributed by atoms with Crippen LogP contribution in [0.1, 0.15) is 31.7 Å². The summed E-state index contributed by atoms with van der Waals surface area (Å²) in [6.07, 6.45) is 0. The summed E-state index contributed by atoms with van der Waals surface area (Å²) in [5.41, 5.74) is 0.